The Labute approximate surface area is 130 Å². The van der Waals surface area contributed by atoms with E-state index in [0.29, 0.717) is 16.2 Å². The van der Waals surface area contributed by atoms with E-state index < -0.39 is 9.05 Å². The first-order valence-corrected chi connectivity index (χ1v) is 8.46. The van der Waals surface area contributed by atoms with Crippen LogP contribution >= 0.6 is 33.9 Å². The summed E-state index contributed by atoms with van der Waals surface area (Å²) in [4.78, 5) is 3.97. The molecule has 1 aromatic carbocycles. The summed E-state index contributed by atoms with van der Waals surface area (Å²) in [5.74, 6) is 0.439. The van der Waals surface area contributed by atoms with Crippen LogP contribution in [-0.2, 0) is 9.05 Å². The van der Waals surface area contributed by atoms with E-state index in [0.717, 1.165) is 0 Å². The number of aromatic nitrogens is 1. The molecule has 2 aromatic rings. The van der Waals surface area contributed by atoms with Gasteiger partial charge in [-0.05, 0) is 24.3 Å². The number of rotatable bonds is 4. The number of hydrogen-bond donors (Lipinski definition) is 0. The molecule has 0 aliphatic heterocycles. The molecule has 0 saturated heterocycles. The van der Waals surface area contributed by atoms with Gasteiger partial charge in [0.05, 0.1) is 10.5 Å². The zero-order chi connectivity index (χ0) is 14.8. The van der Waals surface area contributed by atoms with Crippen LogP contribution in [0.2, 0.25) is 0 Å². The molecule has 0 unspecified atom stereocenters. The molecule has 0 saturated carbocycles. The third kappa shape index (κ3) is 3.35. The summed E-state index contributed by atoms with van der Waals surface area (Å²) in [6.45, 7) is 0.0714. The van der Waals surface area contributed by atoms with Gasteiger partial charge in [0, 0.05) is 27.8 Å². The Hall–Kier alpha value is -1.01. The molecule has 8 heteroatoms. The van der Waals surface area contributed by atoms with Crippen LogP contribution in [-0.4, -0.2) is 20.0 Å². The maximum absolute atomic E-state index is 11.5. The molecule has 0 aliphatic rings. The highest BCUT2D eigenvalue weighted by atomic mass is 35.7. The smallest absolute Gasteiger partial charge is 0.263 e. The topological polar surface area (TPSA) is 56.3 Å². The van der Waals surface area contributed by atoms with Crippen molar-refractivity contribution in [1.82, 2.24) is 4.98 Å². The zero-order valence-corrected chi connectivity index (χ0v) is 13.0. The molecule has 0 amide bonds. The predicted molar refractivity (Wildman–Crippen MR) is 80.1 cm³/mol. The normalized spacial score (nSPS) is 12.7. The number of nitrogens with zero attached hydrogens (tertiary/aromatic N) is 1. The second-order valence-corrected chi connectivity index (χ2v) is 6.98. The van der Waals surface area contributed by atoms with Crippen LogP contribution < -0.4 is 4.74 Å². The van der Waals surface area contributed by atoms with Crippen LogP contribution in [0.25, 0.3) is 10.9 Å². The van der Waals surface area contributed by atoms with Gasteiger partial charge < -0.3 is 4.74 Å². The van der Waals surface area contributed by atoms with Gasteiger partial charge in [-0.25, -0.2) is 8.42 Å². The molecule has 0 aliphatic carbocycles. The lowest BCUT2D eigenvalue weighted by Crippen LogP contribution is -2.00. The molecule has 0 fully saturated rings. The Morgan fingerprint density at radius 3 is 2.75 bits per heavy atom. The third-order valence-corrected chi connectivity index (χ3v) is 4.39. The summed E-state index contributed by atoms with van der Waals surface area (Å²) in [7, 11) is 1.50. The summed E-state index contributed by atoms with van der Waals surface area (Å²) in [5.41, 5.74) is 1.44. The molecule has 0 radical (unpaired) electrons. The summed E-state index contributed by atoms with van der Waals surface area (Å²) >= 11 is 11.2. The van der Waals surface area contributed by atoms with Crippen molar-refractivity contribution in [3.63, 3.8) is 0 Å². The second-order valence-electron chi connectivity index (χ2n) is 3.74. The zero-order valence-electron chi connectivity index (χ0n) is 9.89. The van der Waals surface area contributed by atoms with Gasteiger partial charge in [-0.1, -0.05) is 23.2 Å². The fourth-order valence-corrected chi connectivity index (χ4v) is 2.74. The van der Waals surface area contributed by atoms with Crippen molar-refractivity contribution in [3.05, 3.63) is 41.0 Å². The van der Waals surface area contributed by atoms with Gasteiger partial charge >= 0.3 is 0 Å². The van der Waals surface area contributed by atoms with Gasteiger partial charge in [-0.15, -0.1) is 0 Å². The van der Waals surface area contributed by atoms with Crippen molar-refractivity contribution in [2.24, 2.45) is 0 Å². The Morgan fingerprint density at radius 2 is 2.10 bits per heavy atom. The maximum atomic E-state index is 11.5. The summed E-state index contributed by atoms with van der Waals surface area (Å²) < 4.78 is 28.5. The second kappa shape index (κ2) is 6.18. The maximum Gasteiger partial charge on any atom is 0.263 e. The standard InChI is InChI=1S/C12H8Cl3NO3S/c13-6-8(14)7-19-10-3-4-11(20(15,17)18)12-9(10)2-1-5-16-12/h1-6H,7H2/b8-6+. The van der Waals surface area contributed by atoms with Crippen molar-refractivity contribution in [2.75, 3.05) is 6.61 Å². The first kappa shape index (κ1) is 15.4. The van der Waals surface area contributed by atoms with Crippen LogP contribution in [0.4, 0.5) is 0 Å². The highest BCUT2D eigenvalue weighted by Crippen LogP contribution is 2.31. The number of pyridine rings is 1. The van der Waals surface area contributed by atoms with Gasteiger partial charge in [0.1, 0.15) is 17.3 Å². The average molecular weight is 353 g/mol. The van der Waals surface area contributed by atoms with E-state index in [-0.39, 0.29) is 17.0 Å². The van der Waals surface area contributed by atoms with E-state index in [4.69, 9.17) is 38.6 Å². The molecule has 0 atom stereocenters. The number of benzene rings is 1. The summed E-state index contributed by atoms with van der Waals surface area (Å²) in [6, 6.07) is 6.18. The number of ether oxygens (including phenoxy) is 1. The van der Waals surface area contributed by atoms with Crippen molar-refractivity contribution in [3.8, 4) is 5.75 Å². The molecule has 0 spiro atoms. The average Bonchev–Trinajstić information content (AvgIpc) is 2.43. The Morgan fingerprint density at radius 1 is 1.35 bits per heavy atom. The molecular weight excluding hydrogens is 345 g/mol. The molecule has 4 nitrogen and oxygen atoms in total. The molecule has 1 aromatic heterocycles. The fourth-order valence-electron chi connectivity index (χ4n) is 1.62. The first-order valence-electron chi connectivity index (χ1n) is 5.33. The lowest BCUT2D eigenvalue weighted by atomic mass is 10.2. The Balaban J connectivity index is 2.55. The van der Waals surface area contributed by atoms with Crippen molar-refractivity contribution < 1.29 is 13.2 Å². The van der Waals surface area contributed by atoms with Crippen LogP contribution in [0.5, 0.6) is 5.75 Å². The van der Waals surface area contributed by atoms with E-state index in [1.807, 2.05) is 0 Å². The highest BCUT2D eigenvalue weighted by Gasteiger charge is 2.17. The molecule has 20 heavy (non-hydrogen) atoms. The lowest BCUT2D eigenvalue weighted by Gasteiger charge is -2.10. The third-order valence-electron chi connectivity index (χ3n) is 2.44. The first-order chi connectivity index (χ1) is 9.43. The quantitative estimate of drug-likeness (QED) is 0.784. The summed E-state index contributed by atoms with van der Waals surface area (Å²) in [5, 5.41) is 0.839. The van der Waals surface area contributed by atoms with Crippen LogP contribution in [0.15, 0.2) is 45.9 Å². The van der Waals surface area contributed by atoms with E-state index in [1.54, 1.807) is 12.1 Å². The van der Waals surface area contributed by atoms with Crippen LogP contribution in [0, 0.1) is 0 Å². The highest BCUT2D eigenvalue weighted by molar-refractivity contribution is 8.14. The number of halogens is 3. The molecule has 1 heterocycles. The molecule has 0 N–H and O–H groups in total. The van der Waals surface area contributed by atoms with Crippen molar-refractivity contribution >= 4 is 53.8 Å². The van der Waals surface area contributed by atoms with E-state index in [9.17, 15) is 8.42 Å². The Bertz CT molecular complexity index is 775. The number of fused-ring (bicyclic) bond motifs is 1. The molecule has 2 rings (SSSR count). The van der Waals surface area contributed by atoms with Crippen molar-refractivity contribution in [1.29, 1.82) is 0 Å². The van der Waals surface area contributed by atoms with Gasteiger partial charge in [0.2, 0.25) is 0 Å². The predicted octanol–water partition coefficient (Wildman–Crippen LogP) is 3.86. The van der Waals surface area contributed by atoms with Crippen LogP contribution in [0.3, 0.4) is 0 Å². The van der Waals surface area contributed by atoms with Crippen LogP contribution in [0.1, 0.15) is 0 Å². The molecule has 0 bridgehead atoms. The van der Waals surface area contributed by atoms with Gasteiger partial charge in [-0.3, -0.25) is 4.98 Å². The lowest BCUT2D eigenvalue weighted by molar-refractivity contribution is 0.363. The minimum absolute atomic E-state index is 0.0684. The van der Waals surface area contributed by atoms with E-state index in [2.05, 4.69) is 4.98 Å². The Kier molecular flexibility index (Phi) is 4.75. The monoisotopic (exact) mass is 351 g/mol. The van der Waals surface area contributed by atoms with Gasteiger partial charge in [0.25, 0.3) is 9.05 Å². The molecule has 106 valence electrons. The minimum Gasteiger partial charge on any atom is -0.487 e. The summed E-state index contributed by atoms with van der Waals surface area (Å²) in [6.07, 6.45) is 1.48. The van der Waals surface area contributed by atoms with E-state index in [1.165, 1.54) is 23.9 Å². The SMILES string of the molecule is O=S(=O)(Cl)c1ccc(OC/C(Cl)=C\Cl)c2cccnc12. The van der Waals surface area contributed by atoms with Crippen molar-refractivity contribution in [2.45, 2.75) is 4.90 Å². The number of hydrogen-bond acceptors (Lipinski definition) is 4. The van der Waals surface area contributed by atoms with Gasteiger partial charge in [0.15, 0.2) is 0 Å². The van der Waals surface area contributed by atoms with Gasteiger partial charge in [-0.2, -0.15) is 0 Å². The fraction of sp³-hybridized carbons (Fsp3) is 0.0833. The minimum atomic E-state index is -3.89. The van der Waals surface area contributed by atoms with E-state index >= 15 is 0 Å². The largest absolute Gasteiger partial charge is 0.487 e. The molecular formula is C12H8Cl3NO3S.